The van der Waals surface area contributed by atoms with E-state index in [1.165, 1.54) is 18.3 Å². The number of carbonyl (C=O) groups excluding carboxylic acids is 1. The number of hydrogen-bond donors (Lipinski definition) is 1. The molecular formula is C18H15F3N2O3. The summed E-state index contributed by atoms with van der Waals surface area (Å²) in [6.07, 6.45) is -2.37. The Bertz CT molecular complexity index is 817. The molecule has 8 heteroatoms. The Balaban J connectivity index is 1.63. The summed E-state index contributed by atoms with van der Waals surface area (Å²) in [6.45, 7) is 1.06. The maximum atomic E-state index is 12.5. The molecule has 26 heavy (non-hydrogen) atoms. The van der Waals surface area contributed by atoms with Gasteiger partial charge in [-0.2, -0.15) is 18.3 Å². The largest absolute Gasteiger partial charge is 0.490 e. The van der Waals surface area contributed by atoms with Gasteiger partial charge in [0, 0.05) is 12.0 Å². The second kappa shape index (κ2) is 7.47. The number of carbonyl (C=O) groups is 1. The molecule has 1 heterocycles. The number of hydrogen-bond acceptors (Lipinski definition) is 4. The number of nitrogens with one attached hydrogen (secondary N) is 1. The molecule has 1 amide bonds. The van der Waals surface area contributed by atoms with Crippen LogP contribution in [0.2, 0.25) is 0 Å². The standard InChI is InChI=1S/C18H15F3N2O3/c19-18(20,21)14-5-2-12(3-6-14)11-22-23-17(24)13-4-7-15-16(10-13)26-9-1-8-25-15/h2-7,10-11H,1,8-9H2,(H,23,24)/b22-11+. The van der Waals surface area contributed by atoms with Crippen molar-refractivity contribution in [3.8, 4) is 11.5 Å². The molecule has 0 saturated carbocycles. The Morgan fingerprint density at radius 3 is 2.42 bits per heavy atom. The highest BCUT2D eigenvalue weighted by Gasteiger charge is 2.29. The first kappa shape index (κ1) is 17.8. The lowest BCUT2D eigenvalue weighted by Gasteiger charge is -2.08. The van der Waals surface area contributed by atoms with Crippen molar-refractivity contribution in [1.82, 2.24) is 5.43 Å². The number of halogens is 3. The summed E-state index contributed by atoms with van der Waals surface area (Å²) in [7, 11) is 0. The molecule has 136 valence electrons. The highest BCUT2D eigenvalue weighted by molar-refractivity contribution is 5.95. The Kier molecular flexibility index (Phi) is 5.11. The van der Waals surface area contributed by atoms with Gasteiger partial charge >= 0.3 is 6.18 Å². The molecule has 1 aliphatic rings. The summed E-state index contributed by atoms with van der Waals surface area (Å²) < 4.78 is 48.5. The van der Waals surface area contributed by atoms with Gasteiger partial charge in [0.2, 0.25) is 0 Å². The van der Waals surface area contributed by atoms with Crippen LogP contribution in [0.15, 0.2) is 47.6 Å². The minimum Gasteiger partial charge on any atom is -0.490 e. The summed E-state index contributed by atoms with van der Waals surface area (Å²) in [5, 5.41) is 3.76. The summed E-state index contributed by atoms with van der Waals surface area (Å²) in [5.41, 5.74) is 2.34. The average molecular weight is 364 g/mol. The van der Waals surface area contributed by atoms with Crippen molar-refractivity contribution in [2.75, 3.05) is 13.2 Å². The summed E-state index contributed by atoms with van der Waals surface area (Å²) in [6, 6.07) is 9.23. The van der Waals surface area contributed by atoms with Crippen LogP contribution < -0.4 is 14.9 Å². The Morgan fingerprint density at radius 2 is 1.73 bits per heavy atom. The molecule has 5 nitrogen and oxygen atoms in total. The van der Waals surface area contributed by atoms with E-state index in [9.17, 15) is 18.0 Å². The van der Waals surface area contributed by atoms with Crippen molar-refractivity contribution >= 4 is 12.1 Å². The van der Waals surface area contributed by atoms with E-state index in [2.05, 4.69) is 10.5 Å². The van der Waals surface area contributed by atoms with E-state index in [1.807, 2.05) is 0 Å². The second-order valence-electron chi connectivity index (χ2n) is 5.53. The predicted molar refractivity (Wildman–Crippen MR) is 88.6 cm³/mol. The van der Waals surface area contributed by atoms with E-state index in [-0.39, 0.29) is 0 Å². The number of ether oxygens (including phenoxy) is 2. The first-order chi connectivity index (χ1) is 12.4. The van der Waals surface area contributed by atoms with Crippen LogP contribution >= 0.6 is 0 Å². The van der Waals surface area contributed by atoms with Crippen molar-refractivity contribution in [1.29, 1.82) is 0 Å². The molecule has 0 bridgehead atoms. The van der Waals surface area contributed by atoms with Gasteiger partial charge in [-0.1, -0.05) is 12.1 Å². The zero-order valence-corrected chi connectivity index (χ0v) is 13.5. The van der Waals surface area contributed by atoms with Crippen LogP contribution in [0.3, 0.4) is 0 Å². The molecule has 2 aromatic carbocycles. The highest BCUT2D eigenvalue weighted by Crippen LogP contribution is 2.30. The minimum absolute atomic E-state index is 0.332. The number of fused-ring (bicyclic) bond motifs is 1. The molecular weight excluding hydrogens is 349 g/mol. The fraction of sp³-hybridized carbons (Fsp3) is 0.222. The number of amides is 1. The third kappa shape index (κ3) is 4.33. The first-order valence-electron chi connectivity index (χ1n) is 7.84. The molecule has 1 N–H and O–H groups in total. The Morgan fingerprint density at radius 1 is 1.04 bits per heavy atom. The maximum absolute atomic E-state index is 12.5. The minimum atomic E-state index is -4.39. The van der Waals surface area contributed by atoms with E-state index in [0.29, 0.717) is 35.8 Å². The number of benzene rings is 2. The third-order valence-corrected chi connectivity index (χ3v) is 3.63. The topological polar surface area (TPSA) is 59.9 Å². The van der Waals surface area contributed by atoms with Crippen LogP contribution in [0.1, 0.15) is 27.9 Å². The normalized spacial score (nSPS) is 14.1. The van der Waals surface area contributed by atoms with Gasteiger partial charge in [0.25, 0.3) is 5.91 Å². The third-order valence-electron chi connectivity index (χ3n) is 3.63. The molecule has 0 spiro atoms. The van der Waals surface area contributed by atoms with Gasteiger partial charge < -0.3 is 9.47 Å². The predicted octanol–water partition coefficient (Wildman–Crippen LogP) is 3.63. The van der Waals surface area contributed by atoms with Gasteiger partial charge in [0.15, 0.2) is 11.5 Å². The Labute approximate surface area is 147 Å². The number of alkyl halides is 3. The van der Waals surface area contributed by atoms with Gasteiger partial charge in [0.05, 0.1) is 25.0 Å². The molecule has 0 unspecified atom stereocenters. The second-order valence-corrected chi connectivity index (χ2v) is 5.53. The van der Waals surface area contributed by atoms with Gasteiger partial charge in [0.1, 0.15) is 0 Å². The smallest absolute Gasteiger partial charge is 0.416 e. The lowest BCUT2D eigenvalue weighted by Crippen LogP contribution is -2.17. The van der Waals surface area contributed by atoms with E-state index in [4.69, 9.17) is 9.47 Å². The van der Waals surface area contributed by atoms with E-state index in [1.54, 1.807) is 18.2 Å². The van der Waals surface area contributed by atoms with E-state index in [0.717, 1.165) is 18.6 Å². The SMILES string of the molecule is O=C(N/N=C/c1ccc(C(F)(F)F)cc1)c1ccc2c(c1)OCCCO2. The lowest BCUT2D eigenvalue weighted by atomic mass is 10.1. The fourth-order valence-corrected chi connectivity index (χ4v) is 2.29. The lowest BCUT2D eigenvalue weighted by molar-refractivity contribution is -0.137. The summed E-state index contributed by atoms with van der Waals surface area (Å²) in [5.74, 6) is 0.595. The van der Waals surface area contributed by atoms with Gasteiger partial charge in [-0.15, -0.1) is 0 Å². The zero-order valence-electron chi connectivity index (χ0n) is 13.5. The zero-order chi connectivity index (χ0) is 18.6. The quantitative estimate of drug-likeness (QED) is 0.668. The van der Waals surface area contributed by atoms with E-state index >= 15 is 0 Å². The van der Waals surface area contributed by atoms with E-state index < -0.39 is 17.6 Å². The highest BCUT2D eigenvalue weighted by atomic mass is 19.4. The van der Waals surface area contributed by atoms with Crippen LogP contribution in [-0.4, -0.2) is 25.3 Å². The van der Waals surface area contributed by atoms with Crippen molar-refractivity contribution in [3.05, 3.63) is 59.2 Å². The molecule has 0 atom stereocenters. The van der Waals surface area contributed by atoms with Crippen LogP contribution in [0.5, 0.6) is 11.5 Å². The molecule has 0 fully saturated rings. The molecule has 0 saturated heterocycles. The number of nitrogens with zero attached hydrogens (tertiary/aromatic N) is 1. The molecule has 0 radical (unpaired) electrons. The molecule has 0 aromatic heterocycles. The molecule has 2 aromatic rings. The summed E-state index contributed by atoms with van der Waals surface area (Å²) >= 11 is 0. The first-order valence-corrected chi connectivity index (χ1v) is 7.84. The molecule has 3 rings (SSSR count). The molecule has 1 aliphatic heterocycles. The van der Waals surface area contributed by atoms with Crippen LogP contribution in [0.4, 0.5) is 13.2 Å². The average Bonchev–Trinajstić information content (AvgIpc) is 2.86. The fourth-order valence-electron chi connectivity index (χ4n) is 2.29. The Hall–Kier alpha value is -3.03. The number of hydrazone groups is 1. The number of rotatable bonds is 3. The van der Waals surface area contributed by atoms with Crippen molar-refractivity contribution in [2.24, 2.45) is 5.10 Å². The summed E-state index contributed by atoms with van der Waals surface area (Å²) in [4.78, 5) is 12.1. The van der Waals surface area contributed by atoms with Crippen molar-refractivity contribution in [2.45, 2.75) is 12.6 Å². The van der Waals surface area contributed by atoms with Crippen LogP contribution in [-0.2, 0) is 6.18 Å². The van der Waals surface area contributed by atoms with Gasteiger partial charge in [-0.3, -0.25) is 4.79 Å². The monoisotopic (exact) mass is 364 g/mol. The van der Waals surface area contributed by atoms with Crippen LogP contribution in [0.25, 0.3) is 0 Å². The van der Waals surface area contributed by atoms with Crippen molar-refractivity contribution < 1.29 is 27.4 Å². The van der Waals surface area contributed by atoms with Gasteiger partial charge in [-0.25, -0.2) is 5.43 Å². The maximum Gasteiger partial charge on any atom is 0.416 e. The van der Waals surface area contributed by atoms with Crippen LogP contribution in [0, 0.1) is 0 Å². The molecule has 0 aliphatic carbocycles. The van der Waals surface area contributed by atoms with Crippen molar-refractivity contribution in [3.63, 3.8) is 0 Å². The van der Waals surface area contributed by atoms with Gasteiger partial charge in [-0.05, 0) is 35.9 Å².